The molecule has 1 atom stereocenters. The van der Waals surface area contributed by atoms with Gasteiger partial charge < -0.3 is 19.2 Å². The zero-order valence-electron chi connectivity index (χ0n) is 15.4. The van der Waals surface area contributed by atoms with Crippen LogP contribution in [0.5, 0.6) is 0 Å². The van der Waals surface area contributed by atoms with Crippen LogP contribution in [0.1, 0.15) is 64.6 Å². The summed E-state index contributed by atoms with van der Waals surface area (Å²) in [6.07, 6.45) is 1.84. The first-order valence-electron chi connectivity index (χ1n) is 8.67. The predicted octanol–water partition coefficient (Wildman–Crippen LogP) is 3.22. The first-order valence-corrected chi connectivity index (χ1v) is 8.67. The van der Waals surface area contributed by atoms with Crippen molar-refractivity contribution in [3.8, 4) is 0 Å². The minimum absolute atomic E-state index is 0.00896. The number of hydrogen-bond donors (Lipinski definition) is 1. The van der Waals surface area contributed by atoms with Crippen molar-refractivity contribution in [2.75, 3.05) is 6.54 Å². The van der Waals surface area contributed by atoms with Crippen molar-refractivity contribution in [2.24, 2.45) is 0 Å². The highest BCUT2D eigenvalue weighted by atomic mass is 16.5. The van der Waals surface area contributed by atoms with Gasteiger partial charge in [-0.25, -0.2) is 4.79 Å². The summed E-state index contributed by atoms with van der Waals surface area (Å²) in [5.74, 6) is -0.468. The van der Waals surface area contributed by atoms with Gasteiger partial charge in [0.2, 0.25) is 0 Å². The van der Waals surface area contributed by atoms with Crippen LogP contribution in [0.3, 0.4) is 0 Å². The van der Waals surface area contributed by atoms with Crippen LogP contribution in [-0.4, -0.2) is 39.0 Å². The zero-order chi connectivity index (χ0) is 18.3. The van der Waals surface area contributed by atoms with Gasteiger partial charge in [0.25, 0.3) is 5.91 Å². The first-order chi connectivity index (χ1) is 11.8. The van der Waals surface area contributed by atoms with E-state index in [0.717, 1.165) is 12.2 Å². The third-order valence-corrected chi connectivity index (χ3v) is 4.80. The Balaban J connectivity index is 1.90. The monoisotopic (exact) mass is 343 g/mol. The molecule has 6 nitrogen and oxygen atoms in total. The largest absolute Gasteiger partial charge is 0.459 e. The summed E-state index contributed by atoms with van der Waals surface area (Å²) in [7, 11) is 0. The van der Waals surface area contributed by atoms with Crippen molar-refractivity contribution in [1.29, 1.82) is 0 Å². The van der Waals surface area contributed by atoms with Gasteiger partial charge in [0.1, 0.15) is 5.69 Å². The van der Waals surface area contributed by atoms with Gasteiger partial charge in [0.15, 0.2) is 0 Å². The Hall–Kier alpha value is -2.50. The second kappa shape index (κ2) is 6.43. The van der Waals surface area contributed by atoms with Crippen LogP contribution in [0.25, 0.3) is 0 Å². The summed E-state index contributed by atoms with van der Waals surface area (Å²) in [4.78, 5) is 30.4. The molecule has 0 spiro atoms. The quantitative estimate of drug-likeness (QED) is 0.870. The molecule has 0 aromatic carbocycles. The molecule has 25 heavy (non-hydrogen) atoms. The molecule has 0 fully saturated rings. The second-order valence-corrected chi connectivity index (χ2v) is 6.88. The molecule has 1 amide bonds. The fraction of sp³-hybridized carbons (Fsp3) is 0.474. The van der Waals surface area contributed by atoms with E-state index in [1.165, 1.54) is 0 Å². The number of esters is 1. The molecule has 1 aliphatic heterocycles. The Morgan fingerprint density at radius 3 is 2.68 bits per heavy atom. The summed E-state index contributed by atoms with van der Waals surface area (Å²) in [6.45, 7) is 10.7. The van der Waals surface area contributed by atoms with Gasteiger partial charge in [-0.05, 0) is 52.3 Å². The number of ether oxygens (including phenoxy) is 1. The van der Waals surface area contributed by atoms with Crippen molar-refractivity contribution >= 4 is 11.9 Å². The standard InChI is InChI=1S/C19H25N3O3/c1-11(2)25-19(24)16-12(3)17(20-13(16)4)18(23)22-10-9-21-8-6-7-15(21)14(22)5/h6-8,11,14,20H,9-10H2,1-5H3. The van der Waals surface area contributed by atoms with Gasteiger partial charge in [-0.15, -0.1) is 0 Å². The summed E-state index contributed by atoms with van der Waals surface area (Å²) in [5.41, 5.74) is 3.38. The maximum Gasteiger partial charge on any atom is 0.340 e. The molecule has 0 radical (unpaired) electrons. The van der Waals surface area contributed by atoms with E-state index in [4.69, 9.17) is 4.74 Å². The minimum Gasteiger partial charge on any atom is -0.459 e. The number of aromatic amines is 1. The molecule has 3 rings (SSSR count). The Labute approximate surface area is 147 Å². The van der Waals surface area contributed by atoms with Crippen LogP contribution in [0, 0.1) is 13.8 Å². The van der Waals surface area contributed by atoms with E-state index in [9.17, 15) is 9.59 Å². The van der Waals surface area contributed by atoms with Crippen molar-refractivity contribution in [2.45, 2.75) is 53.3 Å². The Morgan fingerprint density at radius 2 is 2.00 bits per heavy atom. The number of aryl methyl sites for hydroxylation is 1. The fourth-order valence-corrected chi connectivity index (χ4v) is 3.54. The Kier molecular flexibility index (Phi) is 4.45. The SMILES string of the molecule is Cc1[nH]c(C(=O)N2CCn3cccc3C2C)c(C)c1C(=O)OC(C)C. The van der Waals surface area contributed by atoms with Crippen molar-refractivity contribution in [1.82, 2.24) is 14.5 Å². The van der Waals surface area contributed by atoms with Crippen molar-refractivity contribution in [3.05, 3.63) is 46.5 Å². The first kappa shape index (κ1) is 17.3. The summed E-state index contributed by atoms with van der Waals surface area (Å²) in [5, 5.41) is 0. The van der Waals surface area contributed by atoms with Crippen LogP contribution < -0.4 is 0 Å². The molecule has 1 unspecified atom stereocenters. The highest BCUT2D eigenvalue weighted by Crippen LogP contribution is 2.29. The van der Waals surface area contributed by atoms with Crippen LogP contribution in [0.15, 0.2) is 18.3 Å². The number of rotatable bonds is 3. The van der Waals surface area contributed by atoms with Gasteiger partial charge in [-0.1, -0.05) is 0 Å². The lowest BCUT2D eigenvalue weighted by Gasteiger charge is -2.34. The zero-order valence-corrected chi connectivity index (χ0v) is 15.4. The number of carbonyl (C=O) groups is 2. The molecule has 0 aliphatic carbocycles. The lowest BCUT2D eigenvalue weighted by atomic mass is 10.1. The molecular weight excluding hydrogens is 318 g/mol. The topological polar surface area (TPSA) is 67.3 Å². The van der Waals surface area contributed by atoms with Gasteiger partial charge in [-0.3, -0.25) is 4.79 Å². The lowest BCUT2D eigenvalue weighted by Crippen LogP contribution is -2.41. The van der Waals surface area contributed by atoms with Gasteiger partial charge in [-0.2, -0.15) is 0 Å². The highest BCUT2D eigenvalue weighted by Gasteiger charge is 2.31. The molecule has 1 aliphatic rings. The number of H-pyrrole nitrogens is 1. The second-order valence-electron chi connectivity index (χ2n) is 6.88. The molecular formula is C19H25N3O3. The van der Waals surface area contributed by atoms with E-state index in [1.807, 2.05) is 44.0 Å². The van der Waals surface area contributed by atoms with Crippen LogP contribution in [-0.2, 0) is 11.3 Å². The van der Waals surface area contributed by atoms with Crippen molar-refractivity contribution in [3.63, 3.8) is 0 Å². The molecule has 0 bridgehead atoms. The normalized spacial score (nSPS) is 16.9. The maximum absolute atomic E-state index is 13.1. The summed E-state index contributed by atoms with van der Waals surface area (Å²) < 4.78 is 7.48. The number of carbonyl (C=O) groups excluding carboxylic acids is 2. The number of nitrogens with zero attached hydrogens (tertiary/aromatic N) is 2. The van der Waals surface area contributed by atoms with E-state index in [0.29, 0.717) is 29.1 Å². The predicted molar refractivity (Wildman–Crippen MR) is 94.7 cm³/mol. The number of fused-ring (bicyclic) bond motifs is 1. The molecule has 6 heteroatoms. The molecule has 2 aromatic rings. The highest BCUT2D eigenvalue weighted by molar-refractivity contribution is 6.00. The van der Waals surface area contributed by atoms with Gasteiger partial charge in [0, 0.05) is 30.7 Å². The van der Waals surface area contributed by atoms with Crippen molar-refractivity contribution < 1.29 is 14.3 Å². The van der Waals surface area contributed by atoms with Gasteiger partial charge in [0.05, 0.1) is 17.7 Å². The van der Waals surface area contributed by atoms with E-state index >= 15 is 0 Å². The number of amides is 1. The van der Waals surface area contributed by atoms with E-state index in [-0.39, 0.29) is 24.0 Å². The maximum atomic E-state index is 13.1. The van der Waals surface area contributed by atoms with Crippen LogP contribution in [0.2, 0.25) is 0 Å². The molecule has 0 saturated heterocycles. The fourth-order valence-electron chi connectivity index (χ4n) is 3.54. The smallest absolute Gasteiger partial charge is 0.340 e. The summed E-state index contributed by atoms with van der Waals surface area (Å²) >= 11 is 0. The average Bonchev–Trinajstić information content (AvgIpc) is 3.11. The molecule has 0 saturated carbocycles. The molecule has 134 valence electrons. The molecule has 3 heterocycles. The van der Waals surface area contributed by atoms with Gasteiger partial charge >= 0.3 is 5.97 Å². The summed E-state index contributed by atoms with van der Waals surface area (Å²) in [6, 6.07) is 4.04. The number of hydrogen-bond acceptors (Lipinski definition) is 3. The third-order valence-electron chi connectivity index (χ3n) is 4.80. The van der Waals surface area contributed by atoms with E-state index in [2.05, 4.69) is 9.55 Å². The average molecular weight is 343 g/mol. The van der Waals surface area contributed by atoms with E-state index < -0.39 is 0 Å². The minimum atomic E-state index is -0.388. The molecule has 1 N–H and O–H groups in total. The van der Waals surface area contributed by atoms with Crippen LogP contribution in [0.4, 0.5) is 0 Å². The lowest BCUT2D eigenvalue weighted by molar-refractivity contribution is 0.0376. The van der Waals surface area contributed by atoms with E-state index in [1.54, 1.807) is 13.8 Å². The third kappa shape index (κ3) is 2.97. The van der Waals surface area contributed by atoms with Crippen LogP contribution >= 0.6 is 0 Å². The number of nitrogens with one attached hydrogen (secondary N) is 1. The molecule has 2 aromatic heterocycles. The number of aromatic nitrogens is 2. The Morgan fingerprint density at radius 1 is 1.28 bits per heavy atom. The Bertz CT molecular complexity index is 816.